The second-order valence-electron chi connectivity index (χ2n) is 6.19. The number of rotatable bonds is 2. The second kappa shape index (κ2) is 5.49. The van der Waals surface area contributed by atoms with Gasteiger partial charge in [-0.3, -0.25) is 0 Å². The van der Waals surface area contributed by atoms with E-state index in [4.69, 9.17) is 15.5 Å². The Balaban J connectivity index is 1.84. The molecule has 1 atom stereocenters. The van der Waals surface area contributed by atoms with Gasteiger partial charge in [0, 0.05) is 10.4 Å². The number of hydrogen-bond acceptors (Lipinski definition) is 5. The third kappa shape index (κ3) is 2.45. The molecule has 0 spiro atoms. The predicted molar refractivity (Wildman–Crippen MR) is 95.0 cm³/mol. The van der Waals surface area contributed by atoms with E-state index in [0.29, 0.717) is 17.6 Å². The van der Waals surface area contributed by atoms with Crippen LogP contribution in [0.2, 0.25) is 0 Å². The Labute approximate surface area is 139 Å². The van der Waals surface area contributed by atoms with Crippen molar-refractivity contribution in [1.82, 2.24) is 9.97 Å². The zero-order chi connectivity index (χ0) is 16.0. The van der Waals surface area contributed by atoms with Gasteiger partial charge in [0.2, 0.25) is 0 Å². The first-order chi connectivity index (χ1) is 11.2. The molecule has 0 radical (unpaired) electrons. The highest BCUT2D eigenvalue weighted by Crippen LogP contribution is 2.40. The highest BCUT2D eigenvalue weighted by Gasteiger charge is 2.23. The van der Waals surface area contributed by atoms with Crippen LogP contribution < -0.4 is 10.5 Å². The summed E-state index contributed by atoms with van der Waals surface area (Å²) in [6.07, 6.45) is 3.47. The molecule has 0 amide bonds. The highest BCUT2D eigenvalue weighted by molar-refractivity contribution is 7.19. The number of aryl methyl sites for hydroxylation is 1. The summed E-state index contributed by atoms with van der Waals surface area (Å²) in [6.45, 7) is 2.30. The van der Waals surface area contributed by atoms with Crippen LogP contribution in [0.25, 0.3) is 21.6 Å². The van der Waals surface area contributed by atoms with Gasteiger partial charge in [-0.1, -0.05) is 6.92 Å². The summed E-state index contributed by atoms with van der Waals surface area (Å²) in [4.78, 5) is 11.8. The van der Waals surface area contributed by atoms with Crippen LogP contribution >= 0.6 is 11.3 Å². The lowest BCUT2D eigenvalue weighted by molar-refractivity contribution is 0.415. The number of fused-ring (bicyclic) bond motifs is 3. The number of ether oxygens (including phenoxy) is 1. The fourth-order valence-electron chi connectivity index (χ4n) is 3.25. The van der Waals surface area contributed by atoms with Crippen LogP contribution in [-0.4, -0.2) is 17.1 Å². The smallest absolute Gasteiger partial charge is 0.163 e. The Morgan fingerprint density at radius 2 is 2.00 bits per heavy atom. The van der Waals surface area contributed by atoms with Crippen molar-refractivity contribution in [2.45, 2.75) is 26.2 Å². The van der Waals surface area contributed by atoms with Crippen molar-refractivity contribution < 1.29 is 4.74 Å². The first-order valence-electron chi connectivity index (χ1n) is 7.88. The summed E-state index contributed by atoms with van der Waals surface area (Å²) in [5.74, 6) is 2.82. The van der Waals surface area contributed by atoms with E-state index in [1.165, 1.54) is 16.9 Å². The van der Waals surface area contributed by atoms with Gasteiger partial charge in [-0.25, -0.2) is 9.97 Å². The van der Waals surface area contributed by atoms with Crippen molar-refractivity contribution in [3.63, 3.8) is 0 Å². The first kappa shape index (κ1) is 14.5. The van der Waals surface area contributed by atoms with Crippen LogP contribution in [0, 0.1) is 5.92 Å². The van der Waals surface area contributed by atoms with Crippen molar-refractivity contribution in [3.05, 3.63) is 34.7 Å². The Morgan fingerprint density at radius 3 is 2.74 bits per heavy atom. The Kier molecular flexibility index (Phi) is 3.45. The van der Waals surface area contributed by atoms with Crippen LogP contribution in [-0.2, 0) is 12.8 Å². The number of nitrogens with two attached hydrogens (primary N) is 1. The Hall–Kier alpha value is -2.14. The summed E-state index contributed by atoms with van der Waals surface area (Å²) in [5, 5.41) is 1.08. The molecule has 2 aromatic heterocycles. The number of nitrogens with zero attached hydrogens (tertiary/aromatic N) is 2. The Bertz CT molecular complexity index is 870. The van der Waals surface area contributed by atoms with Crippen molar-refractivity contribution in [1.29, 1.82) is 0 Å². The van der Waals surface area contributed by atoms with Gasteiger partial charge in [0.1, 0.15) is 16.4 Å². The van der Waals surface area contributed by atoms with E-state index in [-0.39, 0.29) is 0 Å². The zero-order valence-electron chi connectivity index (χ0n) is 13.3. The number of aromatic nitrogens is 2. The molecule has 4 rings (SSSR count). The van der Waals surface area contributed by atoms with Gasteiger partial charge in [-0.15, -0.1) is 11.3 Å². The van der Waals surface area contributed by atoms with Gasteiger partial charge in [-0.2, -0.15) is 0 Å². The molecule has 2 heterocycles. The van der Waals surface area contributed by atoms with Gasteiger partial charge in [-0.05, 0) is 55.0 Å². The largest absolute Gasteiger partial charge is 0.497 e. The first-order valence-corrected chi connectivity index (χ1v) is 8.69. The van der Waals surface area contributed by atoms with Gasteiger partial charge in [0.25, 0.3) is 0 Å². The monoisotopic (exact) mass is 325 g/mol. The predicted octanol–water partition coefficient (Wildman–Crippen LogP) is 4.07. The maximum absolute atomic E-state index is 6.30. The van der Waals surface area contributed by atoms with E-state index in [2.05, 4.69) is 11.9 Å². The number of nitrogen functional groups attached to an aromatic ring is 1. The molecule has 23 heavy (non-hydrogen) atoms. The molecule has 0 aliphatic heterocycles. The average Bonchev–Trinajstić information content (AvgIpc) is 2.93. The van der Waals surface area contributed by atoms with E-state index in [1.807, 2.05) is 24.3 Å². The van der Waals surface area contributed by atoms with Gasteiger partial charge >= 0.3 is 0 Å². The average molecular weight is 325 g/mol. The highest BCUT2D eigenvalue weighted by atomic mass is 32.1. The van der Waals surface area contributed by atoms with Gasteiger partial charge in [0.15, 0.2) is 5.82 Å². The molecule has 0 saturated heterocycles. The summed E-state index contributed by atoms with van der Waals surface area (Å²) in [5.41, 5.74) is 8.63. The Morgan fingerprint density at radius 1 is 1.22 bits per heavy atom. The van der Waals surface area contributed by atoms with Crippen molar-refractivity contribution >= 4 is 27.4 Å². The van der Waals surface area contributed by atoms with Crippen LogP contribution in [0.1, 0.15) is 23.8 Å². The van der Waals surface area contributed by atoms with Gasteiger partial charge < -0.3 is 10.5 Å². The van der Waals surface area contributed by atoms with E-state index in [1.54, 1.807) is 18.4 Å². The minimum Gasteiger partial charge on any atom is -0.497 e. The summed E-state index contributed by atoms with van der Waals surface area (Å²) in [7, 11) is 1.66. The fourth-order valence-corrected chi connectivity index (χ4v) is 4.47. The van der Waals surface area contributed by atoms with E-state index in [0.717, 1.165) is 34.4 Å². The molecule has 0 bridgehead atoms. The van der Waals surface area contributed by atoms with Crippen molar-refractivity contribution in [2.75, 3.05) is 12.8 Å². The molecular formula is C18H19N3OS. The molecular weight excluding hydrogens is 306 g/mol. The molecule has 2 N–H and O–H groups in total. The van der Waals surface area contributed by atoms with Crippen LogP contribution in [0.3, 0.4) is 0 Å². The minimum atomic E-state index is 0.604. The molecule has 3 aromatic rings. The SMILES string of the molecule is COc1ccc(-c2nc(N)c3c4c(sc3n2)CCC(C)C4)cc1. The maximum Gasteiger partial charge on any atom is 0.163 e. The van der Waals surface area contributed by atoms with Crippen LogP contribution in [0.4, 0.5) is 5.82 Å². The number of methoxy groups -OCH3 is 1. The number of thiophene rings is 1. The molecule has 1 aromatic carbocycles. The maximum atomic E-state index is 6.30. The lowest BCUT2D eigenvalue weighted by Crippen LogP contribution is -2.09. The second-order valence-corrected chi connectivity index (χ2v) is 7.28. The van der Waals surface area contributed by atoms with Crippen molar-refractivity contribution in [3.8, 4) is 17.1 Å². The molecule has 5 heteroatoms. The quantitative estimate of drug-likeness (QED) is 0.771. The van der Waals surface area contributed by atoms with Crippen LogP contribution in [0.5, 0.6) is 5.75 Å². The van der Waals surface area contributed by atoms with E-state index >= 15 is 0 Å². The number of benzene rings is 1. The topological polar surface area (TPSA) is 61.0 Å². The zero-order valence-corrected chi connectivity index (χ0v) is 14.1. The third-order valence-corrected chi connectivity index (χ3v) is 5.71. The molecule has 0 fully saturated rings. The summed E-state index contributed by atoms with van der Waals surface area (Å²) in [6, 6.07) is 7.77. The van der Waals surface area contributed by atoms with Gasteiger partial charge in [0.05, 0.1) is 12.5 Å². The number of hydrogen-bond donors (Lipinski definition) is 1. The molecule has 0 saturated carbocycles. The lowest BCUT2D eigenvalue weighted by Gasteiger charge is -2.18. The molecule has 1 unspecified atom stereocenters. The third-order valence-electron chi connectivity index (χ3n) is 4.53. The lowest BCUT2D eigenvalue weighted by atomic mass is 9.89. The normalized spacial score (nSPS) is 17.2. The molecule has 1 aliphatic rings. The van der Waals surface area contributed by atoms with Crippen LogP contribution in [0.15, 0.2) is 24.3 Å². The fraction of sp³-hybridized carbons (Fsp3) is 0.333. The summed E-state index contributed by atoms with van der Waals surface area (Å²) >= 11 is 1.78. The standard InChI is InChI=1S/C18H19N3OS/c1-10-3-8-14-13(9-10)15-16(19)20-17(21-18(15)23-14)11-4-6-12(22-2)7-5-11/h4-7,10H,3,8-9H2,1-2H3,(H2,19,20,21). The molecule has 1 aliphatic carbocycles. The van der Waals surface area contributed by atoms with Crippen molar-refractivity contribution in [2.24, 2.45) is 5.92 Å². The minimum absolute atomic E-state index is 0.604. The number of anilines is 1. The summed E-state index contributed by atoms with van der Waals surface area (Å²) < 4.78 is 5.20. The molecule has 4 nitrogen and oxygen atoms in total. The molecule has 118 valence electrons. The van der Waals surface area contributed by atoms with E-state index in [9.17, 15) is 0 Å². The van der Waals surface area contributed by atoms with E-state index < -0.39 is 0 Å².